The predicted octanol–water partition coefficient (Wildman–Crippen LogP) is 2.95. The standard InChI is InChI=1S/C13H9FN2/c14-12-3-1-2-9(7-12)10-4-5-13(16)11(6-10)8-15/h1-7H,16H2. The molecule has 0 saturated carbocycles. The van der Waals surface area contributed by atoms with Gasteiger partial charge in [0.05, 0.1) is 5.56 Å². The lowest BCUT2D eigenvalue weighted by Gasteiger charge is -2.04. The summed E-state index contributed by atoms with van der Waals surface area (Å²) in [4.78, 5) is 0. The Morgan fingerprint density at radius 1 is 1.06 bits per heavy atom. The summed E-state index contributed by atoms with van der Waals surface area (Å²) < 4.78 is 13.0. The third kappa shape index (κ3) is 1.86. The van der Waals surface area contributed by atoms with Crippen LogP contribution in [0.1, 0.15) is 5.56 Å². The van der Waals surface area contributed by atoms with E-state index in [4.69, 9.17) is 11.0 Å². The molecule has 0 bridgehead atoms. The molecule has 0 unspecified atom stereocenters. The van der Waals surface area contributed by atoms with Crippen LogP contribution in [-0.4, -0.2) is 0 Å². The minimum Gasteiger partial charge on any atom is -0.398 e. The minimum atomic E-state index is -0.298. The zero-order valence-electron chi connectivity index (χ0n) is 8.44. The molecule has 2 aromatic carbocycles. The van der Waals surface area contributed by atoms with Crippen molar-refractivity contribution in [2.45, 2.75) is 0 Å². The fraction of sp³-hybridized carbons (Fsp3) is 0. The fourth-order valence-corrected chi connectivity index (χ4v) is 1.50. The molecule has 16 heavy (non-hydrogen) atoms. The van der Waals surface area contributed by atoms with E-state index >= 15 is 0 Å². The zero-order valence-corrected chi connectivity index (χ0v) is 8.44. The van der Waals surface area contributed by atoms with Crippen LogP contribution in [0.3, 0.4) is 0 Å². The molecule has 2 aromatic rings. The van der Waals surface area contributed by atoms with Gasteiger partial charge in [-0.15, -0.1) is 0 Å². The number of halogens is 1. The van der Waals surface area contributed by atoms with E-state index in [1.54, 1.807) is 30.3 Å². The first-order valence-corrected chi connectivity index (χ1v) is 4.76. The highest BCUT2D eigenvalue weighted by molar-refractivity contribution is 5.69. The lowest BCUT2D eigenvalue weighted by molar-refractivity contribution is 0.628. The molecular weight excluding hydrogens is 203 g/mol. The van der Waals surface area contributed by atoms with E-state index in [1.807, 2.05) is 6.07 Å². The summed E-state index contributed by atoms with van der Waals surface area (Å²) in [6.45, 7) is 0. The molecule has 2 rings (SSSR count). The summed E-state index contributed by atoms with van der Waals surface area (Å²) in [7, 11) is 0. The Hall–Kier alpha value is -2.34. The first kappa shape index (κ1) is 10.2. The molecule has 0 radical (unpaired) electrons. The Balaban J connectivity index is 2.54. The van der Waals surface area contributed by atoms with Gasteiger partial charge in [0, 0.05) is 5.69 Å². The molecule has 0 atom stereocenters. The molecule has 0 aliphatic heterocycles. The van der Waals surface area contributed by atoms with Crippen LogP contribution in [0.2, 0.25) is 0 Å². The van der Waals surface area contributed by atoms with Gasteiger partial charge in [0.1, 0.15) is 11.9 Å². The van der Waals surface area contributed by atoms with Crippen LogP contribution in [0.5, 0.6) is 0 Å². The summed E-state index contributed by atoms with van der Waals surface area (Å²) in [5, 5.41) is 8.84. The number of nitriles is 1. The van der Waals surface area contributed by atoms with E-state index in [0.717, 1.165) is 11.1 Å². The highest BCUT2D eigenvalue weighted by atomic mass is 19.1. The van der Waals surface area contributed by atoms with Gasteiger partial charge in [-0.3, -0.25) is 0 Å². The summed E-state index contributed by atoms with van der Waals surface area (Å²) in [6, 6.07) is 13.3. The Morgan fingerprint density at radius 3 is 2.50 bits per heavy atom. The number of rotatable bonds is 1. The molecule has 2 N–H and O–H groups in total. The maximum absolute atomic E-state index is 13.0. The van der Waals surface area contributed by atoms with Gasteiger partial charge in [0.2, 0.25) is 0 Å². The van der Waals surface area contributed by atoms with Crippen LogP contribution in [0.25, 0.3) is 11.1 Å². The summed E-state index contributed by atoms with van der Waals surface area (Å²) in [5.41, 5.74) is 7.96. The second-order valence-electron chi connectivity index (χ2n) is 3.42. The molecule has 0 amide bonds. The Bertz CT molecular complexity index is 570. The monoisotopic (exact) mass is 212 g/mol. The normalized spacial score (nSPS) is 9.75. The van der Waals surface area contributed by atoms with Crippen molar-refractivity contribution in [3.05, 3.63) is 53.8 Å². The molecule has 0 heterocycles. The lowest BCUT2D eigenvalue weighted by Crippen LogP contribution is -1.90. The molecule has 0 aromatic heterocycles. The number of nitrogen functional groups attached to an aromatic ring is 1. The Morgan fingerprint density at radius 2 is 1.81 bits per heavy atom. The van der Waals surface area contributed by atoms with Crippen molar-refractivity contribution >= 4 is 5.69 Å². The van der Waals surface area contributed by atoms with Crippen molar-refractivity contribution in [3.63, 3.8) is 0 Å². The number of hydrogen-bond acceptors (Lipinski definition) is 2. The molecule has 3 heteroatoms. The number of anilines is 1. The minimum absolute atomic E-state index is 0.298. The molecule has 0 aliphatic rings. The third-order valence-electron chi connectivity index (χ3n) is 2.33. The number of hydrogen-bond donors (Lipinski definition) is 1. The van der Waals surface area contributed by atoms with Crippen LogP contribution in [-0.2, 0) is 0 Å². The van der Waals surface area contributed by atoms with Gasteiger partial charge >= 0.3 is 0 Å². The maximum Gasteiger partial charge on any atom is 0.123 e. The molecule has 0 fully saturated rings. The maximum atomic E-state index is 13.0. The lowest BCUT2D eigenvalue weighted by atomic mass is 10.0. The Kier molecular flexibility index (Phi) is 2.57. The third-order valence-corrected chi connectivity index (χ3v) is 2.33. The highest BCUT2D eigenvalue weighted by Crippen LogP contribution is 2.23. The fourth-order valence-electron chi connectivity index (χ4n) is 1.50. The topological polar surface area (TPSA) is 49.8 Å². The van der Waals surface area contributed by atoms with E-state index < -0.39 is 0 Å². The van der Waals surface area contributed by atoms with Crippen molar-refractivity contribution in [2.24, 2.45) is 0 Å². The van der Waals surface area contributed by atoms with Gasteiger partial charge in [-0.05, 0) is 35.4 Å². The van der Waals surface area contributed by atoms with E-state index in [-0.39, 0.29) is 5.82 Å². The van der Waals surface area contributed by atoms with Gasteiger partial charge in [-0.1, -0.05) is 18.2 Å². The smallest absolute Gasteiger partial charge is 0.123 e. The van der Waals surface area contributed by atoms with Gasteiger partial charge in [0.25, 0.3) is 0 Å². The van der Waals surface area contributed by atoms with Crippen LogP contribution in [0.15, 0.2) is 42.5 Å². The summed E-state index contributed by atoms with van der Waals surface area (Å²) in [6.07, 6.45) is 0. The SMILES string of the molecule is N#Cc1cc(-c2cccc(F)c2)ccc1N. The number of nitrogens with zero attached hydrogens (tertiary/aromatic N) is 1. The first-order chi connectivity index (χ1) is 7.70. The second-order valence-corrected chi connectivity index (χ2v) is 3.42. The van der Waals surface area contributed by atoms with Gasteiger partial charge < -0.3 is 5.73 Å². The molecule has 78 valence electrons. The van der Waals surface area contributed by atoms with Crippen molar-refractivity contribution in [3.8, 4) is 17.2 Å². The molecule has 0 saturated heterocycles. The first-order valence-electron chi connectivity index (χ1n) is 4.76. The van der Waals surface area contributed by atoms with Crippen LogP contribution >= 0.6 is 0 Å². The van der Waals surface area contributed by atoms with Gasteiger partial charge in [-0.25, -0.2) is 4.39 Å². The van der Waals surface area contributed by atoms with Gasteiger partial charge in [-0.2, -0.15) is 5.26 Å². The molecule has 0 aliphatic carbocycles. The average molecular weight is 212 g/mol. The van der Waals surface area contributed by atoms with Crippen LogP contribution in [0.4, 0.5) is 10.1 Å². The number of nitrogens with two attached hydrogens (primary N) is 1. The van der Waals surface area contributed by atoms with Crippen molar-refractivity contribution in [1.82, 2.24) is 0 Å². The van der Waals surface area contributed by atoms with Crippen molar-refractivity contribution in [2.75, 3.05) is 5.73 Å². The van der Waals surface area contributed by atoms with E-state index in [2.05, 4.69) is 0 Å². The molecule has 0 spiro atoms. The van der Waals surface area contributed by atoms with E-state index in [9.17, 15) is 4.39 Å². The summed E-state index contributed by atoms with van der Waals surface area (Å²) >= 11 is 0. The van der Waals surface area contributed by atoms with E-state index in [0.29, 0.717) is 11.3 Å². The largest absolute Gasteiger partial charge is 0.398 e. The van der Waals surface area contributed by atoms with Crippen molar-refractivity contribution < 1.29 is 4.39 Å². The second kappa shape index (κ2) is 4.03. The van der Waals surface area contributed by atoms with Crippen molar-refractivity contribution in [1.29, 1.82) is 5.26 Å². The molecule has 2 nitrogen and oxygen atoms in total. The van der Waals surface area contributed by atoms with E-state index in [1.165, 1.54) is 12.1 Å². The van der Waals surface area contributed by atoms with Crippen LogP contribution < -0.4 is 5.73 Å². The highest BCUT2D eigenvalue weighted by Gasteiger charge is 2.03. The predicted molar refractivity (Wildman–Crippen MR) is 61.0 cm³/mol. The quantitative estimate of drug-likeness (QED) is 0.739. The van der Waals surface area contributed by atoms with Crippen LogP contribution in [0, 0.1) is 17.1 Å². The van der Waals surface area contributed by atoms with Gasteiger partial charge in [0.15, 0.2) is 0 Å². The summed E-state index contributed by atoms with van der Waals surface area (Å²) in [5.74, 6) is -0.298. The number of benzene rings is 2. The molecular formula is C13H9FN2. The zero-order chi connectivity index (χ0) is 11.5. The average Bonchev–Trinajstić information content (AvgIpc) is 2.29. The Labute approximate surface area is 92.8 Å².